The fourth-order valence-electron chi connectivity index (χ4n) is 2.57. The summed E-state index contributed by atoms with van der Waals surface area (Å²) >= 11 is 6.27. The molecule has 138 valence electrons. The Balaban J connectivity index is 2.02. The molecule has 1 amide bonds. The van der Waals surface area contributed by atoms with Crippen molar-refractivity contribution in [2.24, 2.45) is 4.99 Å². The molecule has 0 saturated carbocycles. The fraction of sp³-hybridized carbons (Fsp3) is 0.556. The van der Waals surface area contributed by atoms with E-state index in [0.29, 0.717) is 17.5 Å². The first-order valence-electron chi connectivity index (χ1n) is 8.58. The molecule has 0 aromatic heterocycles. The van der Waals surface area contributed by atoms with Gasteiger partial charge in [0.05, 0.1) is 12.1 Å². The minimum absolute atomic E-state index is 0.0427. The predicted molar refractivity (Wildman–Crippen MR) is 101 cm³/mol. The Morgan fingerprint density at radius 1 is 1.44 bits per heavy atom. The molecule has 0 radical (unpaired) electrons. The van der Waals surface area contributed by atoms with E-state index in [1.807, 2.05) is 31.2 Å². The molecule has 1 aromatic rings. The highest BCUT2D eigenvalue weighted by Crippen LogP contribution is 2.22. The van der Waals surface area contributed by atoms with E-state index in [2.05, 4.69) is 15.6 Å². The number of benzene rings is 1. The lowest BCUT2D eigenvalue weighted by molar-refractivity contribution is -0.127. The molecule has 2 rings (SSSR count). The maximum Gasteiger partial charge on any atom is 0.243 e. The summed E-state index contributed by atoms with van der Waals surface area (Å²) in [6.07, 6.45) is 2.31. The van der Waals surface area contributed by atoms with Crippen molar-refractivity contribution < 1.29 is 9.53 Å². The highest BCUT2D eigenvalue weighted by molar-refractivity contribution is 6.31. The van der Waals surface area contributed by atoms with Gasteiger partial charge in [-0.3, -0.25) is 4.79 Å². The first-order valence-corrected chi connectivity index (χ1v) is 8.96. The van der Waals surface area contributed by atoms with Crippen molar-refractivity contribution in [2.45, 2.75) is 31.9 Å². The number of aliphatic imine (C=N–C) groups is 1. The first-order chi connectivity index (χ1) is 12.0. The van der Waals surface area contributed by atoms with Gasteiger partial charge in [-0.1, -0.05) is 29.8 Å². The molecule has 1 aliphatic heterocycles. The number of halogens is 1. The largest absolute Gasteiger partial charge is 0.376 e. The van der Waals surface area contributed by atoms with Crippen molar-refractivity contribution in [3.05, 3.63) is 34.9 Å². The van der Waals surface area contributed by atoms with E-state index in [9.17, 15) is 4.79 Å². The minimum atomic E-state index is -0.0522. The molecule has 1 aromatic carbocycles. The number of guanidine groups is 1. The average molecular weight is 367 g/mol. The average Bonchev–Trinajstić information content (AvgIpc) is 3.10. The number of hydrogen-bond acceptors (Lipinski definition) is 3. The number of nitrogens with one attached hydrogen (secondary N) is 2. The third-order valence-corrected chi connectivity index (χ3v) is 4.46. The van der Waals surface area contributed by atoms with E-state index in [4.69, 9.17) is 16.3 Å². The molecule has 1 aliphatic rings. The molecule has 0 aliphatic carbocycles. The molecule has 1 saturated heterocycles. The van der Waals surface area contributed by atoms with Crippen LogP contribution in [0.15, 0.2) is 29.3 Å². The van der Waals surface area contributed by atoms with Gasteiger partial charge in [0, 0.05) is 32.3 Å². The third kappa shape index (κ3) is 6.21. The summed E-state index contributed by atoms with van der Waals surface area (Å²) in [5.74, 6) is 0.529. The summed E-state index contributed by atoms with van der Waals surface area (Å²) in [4.78, 5) is 17.8. The van der Waals surface area contributed by atoms with Gasteiger partial charge in [-0.2, -0.15) is 0 Å². The predicted octanol–water partition coefficient (Wildman–Crippen LogP) is 2.20. The Morgan fingerprint density at radius 3 is 2.84 bits per heavy atom. The molecule has 2 atom stereocenters. The van der Waals surface area contributed by atoms with Gasteiger partial charge in [-0.25, -0.2) is 4.99 Å². The molecule has 1 heterocycles. The second-order valence-corrected chi connectivity index (χ2v) is 6.76. The van der Waals surface area contributed by atoms with E-state index < -0.39 is 0 Å². The molecule has 2 N–H and O–H groups in total. The summed E-state index contributed by atoms with van der Waals surface area (Å²) in [5.41, 5.74) is 0.981. The lowest BCUT2D eigenvalue weighted by atomic mass is 10.1. The number of hydrogen-bond donors (Lipinski definition) is 2. The number of rotatable bonds is 6. The summed E-state index contributed by atoms with van der Waals surface area (Å²) in [5, 5.41) is 7.30. The van der Waals surface area contributed by atoms with Crippen LogP contribution >= 0.6 is 11.6 Å². The summed E-state index contributed by atoms with van der Waals surface area (Å²) in [6.45, 7) is 3.57. The lowest BCUT2D eigenvalue weighted by Gasteiger charge is -2.21. The smallest absolute Gasteiger partial charge is 0.243 e. The van der Waals surface area contributed by atoms with E-state index in [1.54, 1.807) is 14.1 Å². The third-order valence-electron chi connectivity index (χ3n) is 4.12. The number of carbonyl (C=O) groups excluding carboxylic acids is 1. The van der Waals surface area contributed by atoms with Crippen LogP contribution in [0.4, 0.5) is 0 Å². The highest BCUT2D eigenvalue weighted by atomic mass is 35.5. The van der Waals surface area contributed by atoms with E-state index in [0.717, 1.165) is 25.0 Å². The van der Waals surface area contributed by atoms with E-state index in [-0.39, 0.29) is 24.6 Å². The summed E-state index contributed by atoms with van der Waals surface area (Å²) in [6, 6.07) is 7.65. The van der Waals surface area contributed by atoms with Crippen molar-refractivity contribution in [3.8, 4) is 0 Å². The van der Waals surface area contributed by atoms with Crippen LogP contribution in [0.2, 0.25) is 5.02 Å². The molecule has 25 heavy (non-hydrogen) atoms. The SMILES string of the molecule is CC(NC(=NCC(=O)N(C)C)NCC1CCCO1)c1ccccc1Cl. The van der Waals surface area contributed by atoms with E-state index in [1.165, 1.54) is 4.90 Å². The number of nitrogens with zero attached hydrogens (tertiary/aromatic N) is 2. The Hall–Kier alpha value is -1.79. The molecule has 2 unspecified atom stereocenters. The van der Waals surface area contributed by atoms with Crippen LogP contribution in [0.5, 0.6) is 0 Å². The Morgan fingerprint density at radius 2 is 2.20 bits per heavy atom. The van der Waals surface area contributed by atoms with Gasteiger partial charge in [0.1, 0.15) is 6.54 Å². The van der Waals surface area contributed by atoms with Crippen molar-refractivity contribution in [1.82, 2.24) is 15.5 Å². The normalized spacial score (nSPS) is 18.7. The Bertz CT molecular complexity index is 600. The number of ether oxygens (including phenoxy) is 1. The van der Waals surface area contributed by atoms with Crippen LogP contribution in [0, 0.1) is 0 Å². The quantitative estimate of drug-likeness (QED) is 0.598. The van der Waals surface area contributed by atoms with Crippen molar-refractivity contribution in [2.75, 3.05) is 33.8 Å². The fourth-order valence-corrected chi connectivity index (χ4v) is 2.87. The lowest BCUT2D eigenvalue weighted by Crippen LogP contribution is -2.42. The second kappa shape index (κ2) is 9.63. The summed E-state index contributed by atoms with van der Waals surface area (Å²) < 4.78 is 5.63. The van der Waals surface area contributed by atoms with Crippen LogP contribution in [-0.2, 0) is 9.53 Å². The topological polar surface area (TPSA) is 66.0 Å². The monoisotopic (exact) mass is 366 g/mol. The van der Waals surface area contributed by atoms with Crippen molar-refractivity contribution >= 4 is 23.5 Å². The molecule has 0 spiro atoms. The molecule has 7 heteroatoms. The first kappa shape index (κ1) is 19.5. The van der Waals surface area contributed by atoms with Gasteiger partial charge in [-0.05, 0) is 31.4 Å². The standard InChI is InChI=1S/C18H27ClN4O2/c1-13(15-8-4-5-9-16(15)19)22-18(21-12-17(24)23(2)3)20-11-14-7-6-10-25-14/h4-5,8-9,13-14H,6-7,10-12H2,1-3H3,(H2,20,21,22). The van der Waals surface area contributed by atoms with E-state index >= 15 is 0 Å². The van der Waals surface area contributed by atoms with Crippen LogP contribution in [0.25, 0.3) is 0 Å². The van der Waals surface area contributed by atoms with Crippen molar-refractivity contribution in [3.63, 3.8) is 0 Å². The maximum absolute atomic E-state index is 11.8. The maximum atomic E-state index is 11.8. The number of amides is 1. The van der Waals surface area contributed by atoms with Gasteiger partial charge in [-0.15, -0.1) is 0 Å². The van der Waals surface area contributed by atoms with Crippen LogP contribution in [0.3, 0.4) is 0 Å². The van der Waals surface area contributed by atoms with Crippen LogP contribution < -0.4 is 10.6 Å². The Kier molecular flexibility index (Phi) is 7.52. The Labute approximate surface area is 154 Å². The highest BCUT2D eigenvalue weighted by Gasteiger charge is 2.17. The van der Waals surface area contributed by atoms with Crippen LogP contribution in [-0.4, -0.2) is 56.7 Å². The molecule has 1 fully saturated rings. The zero-order valence-corrected chi connectivity index (χ0v) is 15.8. The summed E-state index contributed by atoms with van der Waals surface area (Å²) in [7, 11) is 3.44. The van der Waals surface area contributed by atoms with Crippen molar-refractivity contribution in [1.29, 1.82) is 0 Å². The molecule has 6 nitrogen and oxygen atoms in total. The van der Waals surface area contributed by atoms with Gasteiger partial charge in [0.25, 0.3) is 0 Å². The van der Waals surface area contributed by atoms with Gasteiger partial charge in [0.2, 0.25) is 5.91 Å². The zero-order valence-electron chi connectivity index (χ0n) is 15.1. The number of likely N-dealkylation sites (N-methyl/N-ethyl adjacent to an activating group) is 1. The molecular weight excluding hydrogens is 340 g/mol. The molecule has 0 bridgehead atoms. The van der Waals surface area contributed by atoms with Gasteiger partial charge < -0.3 is 20.3 Å². The molecular formula is C18H27ClN4O2. The number of carbonyl (C=O) groups is 1. The van der Waals surface area contributed by atoms with Gasteiger partial charge >= 0.3 is 0 Å². The zero-order chi connectivity index (χ0) is 18.2. The van der Waals surface area contributed by atoms with Crippen LogP contribution in [0.1, 0.15) is 31.4 Å². The second-order valence-electron chi connectivity index (χ2n) is 6.36. The minimum Gasteiger partial charge on any atom is -0.376 e. The van der Waals surface area contributed by atoms with Gasteiger partial charge in [0.15, 0.2) is 5.96 Å².